The normalized spacial score (nSPS) is 24.0. The standard InChI is InChI=1S/C15H32N2O2/c1-3-18-10-8-17(9-11-19-4-2)13-14-6-5-7-15(16)12-14/h14-15H,3-13,16H2,1-2H3. The van der Waals surface area contributed by atoms with Crippen LogP contribution in [-0.4, -0.2) is 57.0 Å². The molecule has 1 aliphatic rings. The average molecular weight is 272 g/mol. The molecule has 4 nitrogen and oxygen atoms in total. The van der Waals surface area contributed by atoms with Crippen LogP contribution in [0.15, 0.2) is 0 Å². The van der Waals surface area contributed by atoms with Gasteiger partial charge in [0.15, 0.2) is 0 Å². The van der Waals surface area contributed by atoms with Crippen molar-refractivity contribution in [3.05, 3.63) is 0 Å². The summed E-state index contributed by atoms with van der Waals surface area (Å²) in [7, 11) is 0. The molecular formula is C15H32N2O2. The summed E-state index contributed by atoms with van der Waals surface area (Å²) in [5, 5.41) is 0. The molecule has 0 bridgehead atoms. The van der Waals surface area contributed by atoms with Crippen molar-refractivity contribution in [3.63, 3.8) is 0 Å². The lowest BCUT2D eigenvalue weighted by Gasteiger charge is -2.32. The van der Waals surface area contributed by atoms with Crippen LogP contribution >= 0.6 is 0 Å². The Balaban J connectivity index is 2.28. The van der Waals surface area contributed by atoms with Gasteiger partial charge in [0.1, 0.15) is 0 Å². The largest absolute Gasteiger partial charge is 0.380 e. The lowest BCUT2D eigenvalue weighted by molar-refractivity contribution is 0.0713. The summed E-state index contributed by atoms with van der Waals surface area (Å²) >= 11 is 0. The molecule has 19 heavy (non-hydrogen) atoms. The SMILES string of the molecule is CCOCCN(CCOCC)CC1CCCC(N)C1. The molecule has 0 spiro atoms. The monoisotopic (exact) mass is 272 g/mol. The first-order valence-corrected chi connectivity index (χ1v) is 7.89. The van der Waals surface area contributed by atoms with Crippen molar-refractivity contribution in [1.29, 1.82) is 0 Å². The first kappa shape index (κ1) is 16.9. The molecule has 1 saturated carbocycles. The van der Waals surface area contributed by atoms with Crippen LogP contribution in [0, 0.1) is 5.92 Å². The van der Waals surface area contributed by atoms with Gasteiger partial charge in [-0.3, -0.25) is 4.90 Å². The number of hydrogen-bond acceptors (Lipinski definition) is 4. The third-order valence-corrected chi connectivity index (χ3v) is 3.85. The van der Waals surface area contributed by atoms with Gasteiger partial charge in [-0.1, -0.05) is 6.42 Å². The van der Waals surface area contributed by atoms with E-state index in [9.17, 15) is 0 Å². The molecule has 0 aromatic rings. The second kappa shape index (κ2) is 10.6. The van der Waals surface area contributed by atoms with E-state index in [0.717, 1.165) is 52.0 Å². The van der Waals surface area contributed by atoms with Crippen molar-refractivity contribution >= 4 is 0 Å². The highest BCUT2D eigenvalue weighted by molar-refractivity contribution is 4.77. The molecule has 2 N–H and O–H groups in total. The highest BCUT2D eigenvalue weighted by Gasteiger charge is 2.21. The van der Waals surface area contributed by atoms with E-state index in [1.807, 2.05) is 13.8 Å². The smallest absolute Gasteiger partial charge is 0.0593 e. The van der Waals surface area contributed by atoms with Crippen LogP contribution in [0.4, 0.5) is 0 Å². The highest BCUT2D eigenvalue weighted by Crippen LogP contribution is 2.23. The maximum Gasteiger partial charge on any atom is 0.0593 e. The molecule has 0 amide bonds. The first-order valence-electron chi connectivity index (χ1n) is 7.89. The number of hydrogen-bond donors (Lipinski definition) is 1. The minimum atomic E-state index is 0.416. The van der Waals surface area contributed by atoms with Gasteiger partial charge in [-0.15, -0.1) is 0 Å². The highest BCUT2D eigenvalue weighted by atomic mass is 16.5. The molecule has 4 heteroatoms. The minimum absolute atomic E-state index is 0.416. The van der Waals surface area contributed by atoms with Crippen LogP contribution in [0.5, 0.6) is 0 Å². The zero-order valence-corrected chi connectivity index (χ0v) is 12.8. The zero-order chi connectivity index (χ0) is 13.9. The molecular weight excluding hydrogens is 240 g/mol. The predicted molar refractivity (Wildman–Crippen MR) is 79.4 cm³/mol. The van der Waals surface area contributed by atoms with Gasteiger partial charge in [0, 0.05) is 38.9 Å². The van der Waals surface area contributed by atoms with E-state index >= 15 is 0 Å². The van der Waals surface area contributed by atoms with E-state index < -0.39 is 0 Å². The van der Waals surface area contributed by atoms with Gasteiger partial charge in [0.25, 0.3) is 0 Å². The van der Waals surface area contributed by atoms with Crippen molar-refractivity contribution in [1.82, 2.24) is 4.90 Å². The molecule has 0 saturated heterocycles. The number of nitrogens with zero attached hydrogens (tertiary/aromatic N) is 1. The molecule has 0 radical (unpaired) electrons. The van der Waals surface area contributed by atoms with E-state index in [1.165, 1.54) is 25.7 Å². The summed E-state index contributed by atoms with van der Waals surface area (Å²) in [6.07, 6.45) is 5.00. The molecule has 0 heterocycles. The lowest BCUT2D eigenvalue weighted by atomic mass is 9.86. The third-order valence-electron chi connectivity index (χ3n) is 3.85. The lowest BCUT2D eigenvalue weighted by Crippen LogP contribution is -2.39. The Hall–Kier alpha value is -0.160. The van der Waals surface area contributed by atoms with Crippen LogP contribution in [0.2, 0.25) is 0 Å². The van der Waals surface area contributed by atoms with Crippen LogP contribution in [0.25, 0.3) is 0 Å². The summed E-state index contributed by atoms with van der Waals surface area (Å²) in [6.45, 7) is 10.5. The predicted octanol–water partition coefficient (Wildman–Crippen LogP) is 1.88. The Morgan fingerprint density at radius 3 is 2.21 bits per heavy atom. The molecule has 0 aromatic heterocycles. The summed E-state index contributed by atoms with van der Waals surface area (Å²) < 4.78 is 10.9. The van der Waals surface area contributed by atoms with Crippen LogP contribution in [-0.2, 0) is 9.47 Å². The van der Waals surface area contributed by atoms with Crippen molar-refractivity contribution in [2.24, 2.45) is 11.7 Å². The molecule has 0 aromatic carbocycles. The van der Waals surface area contributed by atoms with Crippen LogP contribution in [0.1, 0.15) is 39.5 Å². The van der Waals surface area contributed by atoms with Crippen molar-refractivity contribution in [2.45, 2.75) is 45.6 Å². The van der Waals surface area contributed by atoms with Crippen molar-refractivity contribution in [3.8, 4) is 0 Å². The van der Waals surface area contributed by atoms with Gasteiger partial charge in [-0.25, -0.2) is 0 Å². The van der Waals surface area contributed by atoms with E-state index in [-0.39, 0.29) is 0 Å². The maximum absolute atomic E-state index is 6.08. The Morgan fingerprint density at radius 1 is 1.05 bits per heavy atom. The molecule has 2 unspecified atom stereocenters. The fourth-order valence-electron chi connectivity index (χ4n) is 2.83. The van der Waals surface area contributed by atoms with Gasteiger partial charge >= 0.3 is 0 Å². The van der Waals surface area contributed by atoms with E-state index in [4.69, 9.17) is 15.2 Å². The second-order valence-electron chi connectivity index (χ2n) is 5.49. The Labute approximate surface area is 118 Å². The van der Waals surface area contributed by atoms with Gasteiger partial charge < -0.3 is 15.2 Å². The Bertz CT molecular complexity index is 204. The van der Waals surface area contributed by atoms with Gasteiger partial charge in [0.05, 0.1) is 13.2 Å². The molecule has 1 aliphatic carbocycles. The van der Waals surface area contributed by atoms with Crippen molar-refractivity contribution < 1.29 is 9.47 Å². The zero-order valence-electron chi connectivity index (χ0n) is 12.8. The summed E-state index contributed by atoms with van der Waals surface area (Å²) in [5.74, 6) is 0.756. The number of rotatable bonds is 10. The Kier molecular flexibility index (Phi) is 9.43. The fourth-order valence-corrected chi connectivity index (χ4v) is 2.83. The topological polar surface area (TPSA) is 47.7 Å². The summed E-state index contributed by atoms with van der Waals surface area (Å²) in [5.41, 5.74) is 6.08. The molecule has 114 valence electrons. The van der Waals surface area contributed by atoms with E-state index in [0.29, 0.717) is 6.04 Å². The average Bonchev–Trinajstić information content (AvgIpc) is 2.39. The maximum atomic E-state index is 6.08. The molecule has 0 aliphatic heterocycles. The van der Waals surface area contributed by atoms with Crippen LogP contribution in [0.3, 0.4) is 0 Å². The quantitative estimate of drug-likeness (QED) is 0.617. The van der Waals surface area contributed by atoms with Gasteiger partial charge in [0.2, 0.25) is 0 Å². The first-order chi connectivity index (χ1) is 9.26. The minimum Gasteiger partial charge on any atom is -0.380 e. The van der Waals surface area contributed by atoms with Crippen molar-refractivity contribution in [2.75, 3.05) is 46.1 Å². The van der Waals surface area contributed by atoms with Gasteiger partial charge in [-0.05, 0) is 39.0 Å². The van der Waals surface area contributed by atoms with E-state index in [1.54, 1.807) is 0 Å². The summed E-state index contributed by atoms with van der Waals surface area (Å²) in [4.78, 5) is 2.48. The second-order valence-corrected chi connectivity index (χ2v) is 5.49. The van der Waals surface area contributed by atoms with Gasteiger partial charge in [-0.2, -0.15) is 0 Å². The number of ether oxygens (including phenoxy) is 2. The fraction of sp³-hybridized carbons (Fsp3) is 1.00. The van der Waals surface area contributed by atoms with E-state index in [2.05, 4.69) is 4.90 Å². The summed E-state index contributed by atoms with van der Waals surface area (Å²) in [6, 6.07) is 0.416. The van der Waals surface area contributed by atoms with Crippen LogP contribution < -0.4 is 5.73 Å². The number of nitrogens with two attached hydrogens (primary N) is 1. The molecule has 1 fully saturated rings. The Morgan fingerprint density at radius 2 is 1.68 bits per heavy atom. The molecule has 2 atom stereocenters. The third kappa shape index (κ3) is 7.88. The molecule has 1 rings (SSSR count).